The minimum atomic E-state index is -0.0301. The molecule has 1 aliphatic heterocycles. The molecule has 0 spiro atoms. The fourth-order valence-electron chi connectivity index (χ4n) is 1.39. The van der Waals surface area contributed by atoms with E-state index in [2.05, 4.69) is 6.92 Å². The molecule has 0 bridgehead atoms. The summed E-state index contributed by atoms with van der Waals surface area (Å²) in [6.07, 6.45) is 4.59. The fourth-order valence-corrected chi connectivity index (χ4v) is 2.72. The molecule has 0 saturated carbocycles. The molecule has 1 heterocycles. The average molecular weight is 160 g/mol. The van der Waals surface area contributed by atoms with Gasteiger partial charge in [0.15, 0.2) is 0 Å². The van der Waals surface area contributed by atoms with Crippen LogP contribution in [0.3, 0.4) is 0 Å². The summed E-state index contributed by atoms with van der Waals surface area (Å²) in [6, 6.07) is 0. The van der Waals surface area contributed by atoms with Gasteiger partial charge in [0.05, 0.1) is 6.10 Å². The highest BCUT2D eigenvalue weighted by atomic mass is 32.2. The third-order valence-corrected chi connectivity index (χ3v) is 3.48. The van der Waals surface area contributed by atoms with Crippen LogP contribution in [0.5, 0.6) is 0 Å². The Bertz CT molecular complexity index is 89.3. The lowest BCUT2D eigenvalue weighted by Crippen LogP contribution is -2.19. The third kappa shape index (κ3) is 2.17. The number of aliphatic hydroxyl groups is 1. The minimum Gasteiger partial charge on any atom is -0.392 e. The Morgan fingerprint density at radius 3 is 3.00 bits per heavy atom. The van der Waals surface area contributed by atoms with Gasteiger partial charge in [-0.15, -0.1) is 0 Å². The highest BCUT2D eigenvalue weighted by Crippen LogP contribution is 2.30. The molecule has 0 aromatic rings. The lowest BCUT2D eigenvalue weighted by molar-refractivity contribution is 0.159. The molecule has 0 aromatic carbocycles. The Hall–Kier alpha value is 0.310. The van der Waals surface area contributed by atoms with E-state index in [1.807, 2.05) is 11.8 Å². The van der Waals surface area contributed by atoms with Crippen molar-refractivity contribution in [1.29, 1.82) is 0 Å². The van der Waals surface area contributed by atoms with Crippen molar-refractivity contribution in [2.45, 2.75) is 44.0 Å². The molecule has 1 nitrogen and oxygen atoms in total. The average Bonchev–Trinajstić information content (AvgIpc) is 2.38. The Kier molecular flexibility index (Phi) is 3.57. The molecule has 0 aromatic heterocycles. The van der Waals surface area contributed by atoms with Crippen LogP contribution in [0.2, 0.25) is 0 Å². The summed E-state index contributed by atoms with van der Waals surface area (Å²) >= 11 is 1.94. The monoisotopic (exact) mass is 160 g/mol. The van der Waals surface area contributed by atoms with Crippen LogP contribution in [0, 0.1) is 0 Å². The van der Waals surface area contributed by atoms with Crippen molar-refractivity contribution in [2.75, 3.05) is 5.75 Å². The molecule has 0 radical (unpaired) electrons. The largest absolute Gasteiger partial charge is 0.392 e. The van der Waals surface area contributed by atoms with Crippen LogP contribution in [0.4, 0.5) is 0 Å². The van der Waals surface area contributed by atoms with Gasteiger partial charge in [-0.3, -0.25) is 0 Å². The van der Waals surface area contributed by atoms with Crippen molar-refractivity contribution in [2.24, 2.45) is 0 Å². The molecule has 2 unspecified atom stereocenters. The first-order valence-corrected chi connectivity index (χ1v) is 5.19. The second-order valence-electron chi connectivity index (χ2n) is 2.91. The quantitative estimate of drug-likeness (QED) is 0.682. The highest BCUT2D eigenvalue weighted by molar-refractivity contribution is 8.00. The molecule has 1 aliphatic rings. The molecule has 2 heteroatoms. The van der Waals surface area contributed by atoms with E-state index in [-0.39, 0.29) is 6.10 Å². The molecule has 1 saturated heterocycles. The van der Waals surface area contributed by atoms with Crippen molar-refractivity contribution < 1.29 is 5.11 Å². The maximum Gasteiger partial charge on any atom is 0.0658 e. The lowest BCUT2D eigenvalue weighted by Gasteiger charge is -2.15. The fraction of sp³-hybridized carbons (Fsp3) is 1.00. The van der Waals surface area contributed by atoms with Crippen molar-refractivity contribution in [1.82, 2.24) is 0 Å². The smallest absolute Gasteiger partial charge is 0.0658 e. The van der Waals surface area contributed by atoms with E-state index in [4.69, 9.17) is 0 Å². The SMILES string of the molecule is CCCC(O)C1CCCS1. The predicted molar refractivity (Wildman–Crippen MR) is 46.4 cm³/mol. The van der Waals surface area contributed by atoms with Crippen LogP contribution >= 0.6 is 11.8 Å². The van der Waals surface area contributed by atoms with Crippen LogP contribution in [-0.2, 0) is 0 Å². The van der Waals surface area contributed by atoms with Crippen molar-refractivity contribution >= 4 is 11.8 Å². The highest BCUT2D eigenvalue weighted by Gasteiger charge is 2.22. The number of thioether (sulfide) groups is 1. The Morgan fingerprint density at radius 1 is 1.70 bits per heavy atom. The van der Waals surface area contributed by atoms with Crippen LogP contribution in [0.1, 0.15) is 32.6 Å². The summed E-state index contributed by atoms with van der Waals surface area (Å²) in [5.41, 5.74) is 0. The topological polar surface area (TPSA) is 20.2 Å². The Balaban J connectivity index is 2.18. The van der Waals surface area contributed by atoms with Gasteiger partial charge in [0.25, 0.3) is 0 Å². The number of hydrogen-bond acceptors (Lipinski definition) is 2. The van der Waals surface area contributed by atoms with Crippen LogP contribution in [0.15, 0.2) is 0 Å². The van der Waals surface area contributed by atoms with Crippen molar-refractivity contribution in [3.05, 3.63) is 0 Å². The van der Waals surface area contributed by atoms with E-state index >= 15 is 0 Å². The first-order valence-electron chi connectivity index (χ1n) is 4.14. The molecule has 10 heavy (non-hydrogen) atoms. The van der Waals surface area contributed by atoms with E-state index in [1.54, 1.807) is 0 Å². The Labute approximate surface area is 67.2 Å². The second kappa shape index (κ2) is 4.24. The molecular weight excluding hydrogens is 144 g/mol. The number of aliphatic hydroxyl groups excluding tert-OH is 1. The van der Waals surface area contributed by atoms with Gasteiger partial charge in [-0.2, -0.15) is 11.8 Å². The first kappa shape index (κ1) is 8.41. The van der Waals surface area contributed by atoms with Crippen LogP contribution in [-0.4, -0.2) is 22.2 Å². The van der Waals surface area contributed by atoms with Gasteiger partial charge in [0, 0.05) is 5.25 Å². The van der Waals surface area contributed by atoms with Gasteiger partial charge < -0.3 is 5.11 Å². The van der Waals surface area contributed by atoms with Gasteiger partial charge in [-0.05, 0) is 25.0 Å². The predicted octanol–water partition coefficient (Wildman–Crippen LogP) is 2.04. The normalized spacial score (nSPS) is 28.8. The van der Waals surface area contributed by atoms with E-state index in [1.165, 1.54) is 18.6 Å². The van der Waals surface area contributed by atoms with E-state index in [0.717, 1.165) is 12.8 Å². The zero-order chi connectivity index (χ0) is 7.40. The van der Waals surface area contributed by atoms with E-state index in [0.29, 0.717) is 5.25 Å². The summed E-state index contributed by atoms with van der Waals surface area (Å²) in [7, 11) is 0. The molecule has 0 aliphatic carbocycles. The molecular formula is C8H16OS. The van der Waals surface area contributed by atoms with E-state index < -0.39 is 0 Å². The van der Waals surface area contributed by atoms with Gasteiger partial charge in [-0.1, -0.05) is 13.3 Å². The van der Waals surface area contributed by atoms with Gasteiger partial charge in [0.1, 0.15) is 0 Å². The summed E-state index contributed by atoms with van der Waals surface area (Å²) in [4.78, 5) is 0. The van der Waals surface area contributed by atoms with E-state index in [9.17, 15) is 5.11 Å². The zero-order valence-corrected chi connectivity index (χ0v) is 7.36. The molecule has 2 atom stereocenters. The van der Waals surface area contributed by atoms with Crippen molar-refractivity contribution in [3.63, 3.8) is 0 Å². The standard InChI is InChI=1S/C8H16OS/c1-2-4-7(9)8-5-3-6-10-8/h7-9H,2-6H2,1H3. The minimum absolute atomic E-state index is 0.0301. The lowest BCUT2D eigenvalue weighted by atomic mass is 10.1. The van der Waals surface area contributed by atoms with Crippen LogP contribution in [0.25, 0.3) is 0 Å². The summed E-state index contributed by atoms with van der Waals surface area (Å²) in [5, 5.41) is 10.1. The molecule has 1 N–H and O–H groups in total. The van der Waals surface area contributed by atoms with Crippen LogP contribution < -0.4 is 0 Å². The van der Waals surface area contributed by atoms with Gasteiger partial charge in [0.2, 0.25) is 0 Å². The summed E-state index contributed by atoms with van der Waals surface area (Å²) in [5.74, 6) is 1.26. The first-order chi connectivity index (χ1) is 4.84. The van der Waals surface area contributed by atoms with Crippen molar-refractivity contribution in [3.8, 4) is 0 Å². The maximum atomic E-state index is 9.53. The Morgan fingerprint density at radius 2 is 2.50 bits per heavy atom. The van der Waals surface area contributed by atoms with Gasteiger partial charge in [-0.25, -0.2) is 0 Å². The second-order valence-corrected chi connectivity index (χ2v) is 4.25. The molecule has 60 valence electrons. The summed E-state index contributed by atoms with van der Waals surface area (Å²) < 4.78 is 0. The molecule has 1 fully saturated rings. The molecule has 1 rings (SSSR count). The third-order valence-electron chi connectivity index (χ3n) is 1.98. The zero-order valence-electron chi connectivity index (χ0n) is 6.55. The number of hydrogen-bond donors (Lipinski definition) is 1. The summed E-state index contributed by atoms with van der Waals surface area (Å²) in [6.45, 7) is 2.13. The van der Waals surface area contributed by atoms with Gasteiger partial charge >= 0.3 is 0 Å². The molecule has 0 amide bonds. The number of rotatable bonds is 3. The maximum absolute atomic E-state index is 9.53.